The summed E-state index contributed by atoms with van der Waals surface area (Å²) in [5.41, 5.74) is 0. The van der Waals surface area contributed by atoms with E-state index in [4.69, 9.17) is 0 Å². The maximum Gasteiger partial charge on any atom is 0.238 e. The quantitative estimate of drug-likeness (QED) is 0.894. The summed E-state index contributed by atoms with van der Waals surface area (Å²) in [5.74, 6) is 1.85. The fourth-order valence-electron chi connectivity index (χ4n) is 1.31. The monoisotopic (exact) mass is 306 g/mol. The minimum atomic E-state index is -0.0154. The summed E-state index contributed by atoms with van der Waals surface area (Å²) in [6, 6.07) is 4.00. The van der Waals surface area contributed by atoms with E-state index in [-0.39, 0.29) is 11.9 Å². The first-order valence-electron chi connectivity index (χ1n) is 4.59. The van der Waals surface area contributed by atoms with Gasteiger partial charge < -0.3 is 5.32 Å². The lowest BCUT2D eigenvalue weighted by Gasteiger charge is -2.09. The third kappa shape index (κ3) is 3.21. The lowest BCUT2D eigenvalue weighted by Crippen LogP contribution is -2.41. The molecule has 1 aromatic rings. The Bertz CT molecular complexity index is 350. The van der Waals surface area contributed by atoms with E-state index >= 15 is 0 Å². The second kappa shape index (κ2) is 5.34. The van der Waals surface area contributed by atoms with Gasteiger partial charge in [-0.15, -0.1) is 23.1 Å². The van der Waals surface area contributed by atoms with Gasteiger partial charge in [-0.2, -0.15) is 0 Å². The average molecular weight is 307 g/mol. The summed E-state index contributed by atoms with van der Waals surface area (Å²) >= 11 is 6.80. The molecule has 0 aromatic carbocycles. The highest BCUT2D eigenvalue weighted by Gasteiger charge is 2.21. The molecule has 1 unspecified atom stereocenters. The van der Waals surface area contributed by atoms with Gasteiger partial charge in [-0.1, -0.05) is 0 Å². The number of carbonyl (C=O) groups excluding carboxylic acids is 1. The molecule has 0 aliphatic carbocycles. The second-order valence-corrected chi connectivity index (χ2v) is 6.77. The van der Waals surface area contributed by atoms with Gasteiger partial charge in [-0.05, 0) is 28.1 Å². The number of rotatable bonds is 3. The smallest absolute Gasteiger partial charge is 0.238 e. The second-order valence-electron chi connectivity index (χ2n) is 3.20. The molecule has 82 valence electrons. The Morgan fingerprint density at radius 3 is 3.13 bits per heavy atom. The van der Waals surface area contributed by atoms with Crippen LogP contribution in [0.3, 0.4) is 0 Å². The normalized spacial score (nSPS) is 20.5. The average Bonchev–Trinajstić information content (AvgIpc) is 2.84. The Kier molecular flexibility index (Phi) is 4.07. The fourth-order valence-corrected chi connectivity index (χ4v) is 3.67. The molecule has 0 spiro atoms. The number of thiophene rings is 1. The predicted molar refractivity (Wildman–Crippen MR) is 68.1 cm³/mol. The zero-order valence-corrected chi connectivity index (χ0v) is 11.2. The summed E-state index contributed by atoms with van der Waals surface area (Å²) in [7, 11) is 0. The highest BCUT2D eigenvalue weighted by atomic mass is 79.9. The number of halogens is 1. The number of amides is 1. The molecule has 0 bridgehead atoms. The molecule has 15 heavy (non-hydrogen) atoms. The van der Waals surface area contributed by atoms with Crippen LogP contribution in [-0.2, 0) is 11.3 Å². The fraction of sp³-hybridized carbons (Fsp3) is 0.444. The number of carbonyl (C=O) groups is 1. The van der Waals surface area contributed by atoms with E-state index < -0.39 is 0 Å². The maximum absolute atomic E-state index is 11.6. The van der Waals surface area contributed by atoms with Gasteiger partial charge in [-0.3, -0.25) is 10.1 Å². The van der Waals surface area contributed by atoms with E-state index in [1.165, 1.54) is 4.88 Å². The molecule has 1 fully saturated rings. The number of thioether (sulfide) groups is 1. The standard InChI is InChI=1S/C9H11BrN2OS2/c10-8-2-1-6(15-8)3-11-9(13)7-4-14-5-12-7/h1-2,7,12H,3-5H2,(H,11,13). The van der Waals surface area contributed by atoms with Crippen molar-refractivity contribution >= 4 is 44.9 Å². The van der Waals surface area contributed by atoms with Crippen molar-refractivity contribution in [3.63, 3.8) is 0 Å². The Morgan fingerprint density at radius 2 is 2.53 bits per heavy atom. The molecule has 2 N–H and O–H groups in total. The molecule has 3 nitrogen and oxygen atoms in total. The van der Waals surface area contributed by atoms with Gasteiger partial charge in [0.15, 0.2) is 0 Å². The van der Waals surface area contributed by atoms with Crippen LogP contribution in [0.4, 0.5) is 0 Å². The van der Waals surface area contributed by atoms with Crippen LogP contribution >= 0.6 is 39.0 Å². The van der Waals surface area contributed by atoms with Crippen molar-refractivity contribution in [2.75, 3.05) is 11.6 Å². The largest absolute Gasteiger partial charge is 0.350 e. The van der Waals surface area contributed by atoms with Gasteiger partial charge in [0.25, 0.3) is 0 Å². The molecule has 1 aliphatic rings. The number of nitrogens with one attached hydrogen (secondary N) is 2. The Morgan fingerprint density at radius 1 is 1.67 bits per heavy atom. The third-order valence-corrected chi connectivity index (χ3v) is 4.66. The lowest BCUT2D eigenvalue weighted by molar-refractivity contribution is -0.122. The van der Waals surface area contributed by atoms with E-state index in [0.29, 0.717) is 6.54 Å². The molecular weight excluding hydrogens is 296 g/mol. The van der Waals surface area contributed by atoms with Gasteiger partial charge in [0.1, 0.15) is 0 Å². The van der Waals surface area contributed by atoms with Gasteiger partial charge in [0, 0.05) is 16.5 Å². The molecular formula is C9H11BrN2OS2. The Hall–Kier alpha value is -0.0400. The van der Waals surface area contributed by atoms with Crippen LogP contribution in [-0.4, -0.2) is 23.6 Å². The molecule has 1 aliphatic heterocycles. The van der Waals surface area contributed by atoms with Crippen LogP contribution in [0.25, 0.3) is 0 Å². The van der Waals surface area contributed by atoms with Gasteiger partial charge >= 0.3 is 0 Å². The molecule has 0 radical (unpaired) electrons. The summed E-state index contributed by atoms with van der Waals surface area (Å²) in [6.07, 6.45) is 0. The van der Waals surface area contributed by atoms with Crippen molar-refractivity contribution < 1.29 is 4.79 Å². The molecule has 2 rings (SSSR count). The molecule has 0 saturated carbocycles. The summed E-state index contributed by atoms with van der Waals surface area (Å²) in [6.45, 7) is 0.623. The first-order chi connectivity index (χ1) is 7.25. The van der Waals surface area contributed by atoms with Crippen molar-refractivity contribution in [1.82, 2.24) is 10.6 Å². The first kappa shape index (κ1) is 11.4. The number of hydrogen-bond acceptors (Lipinski definition) is 4. The maximum atomic E-state index is 11.6. The van der Waals surface area contributed by atoms with Crippen LogP contribution in [0.1, 0.15) is 4.88 Å². The Balaban J connectivity index is 1.80. The molecule has 6 heteroatoms. The van der Waals surface area contributed by atoms with E-state index in [9.17, 15) is 4.79 Å². The molecule has 1 aromatic heterocycles. The van der Waals surface area contributed by atoms with Crippen LogP contribution in [0.15, 0.2) is 15.9 Å². The third-order valence-electron chi connectivity index (χ3n) is 2.10. The van der Waals surface area contributed by atoms with Crippen molar-refractivity contribution in [2.24, 2.45) is 0 Å². The topological polar surface area (TPSA) is 41.1 Å². The minimum Gasteiger partial charge on any atom is -0.350 e. The molecule has 1 atom stereocenters. The highest BCUT2D eigenvalue weighted by Crippen LogP contribution is 2.21. The summed E-state index contributed by atoms with van der Waals surface area (Å²) < 4.78 is 1.10. The summed E-state index contributed by atoms with van der Waals surface area (Å²) in [5, 5.41) is 6.07. The lowest BCUT2D eigenvalue weighted by atomic mass is 10.3. The van der Waals surface area contributed by atoms with Crippen molar-refractivity contribution in [3.05, 3.63) is 20.8 Å². The van der Waals surface area contributed by atoms with Crippen LogP contribution < -0.4 is 10.6 Å². The Labute approximate surface area is 105 Å². The van der Waals surface area contributed by atoms with E-state index in [2.05, 4.69) is 26.6 Å². The van der Waals surface area contributed by atoms with Gasteiger partial charge in [0.2, 0.25) is 5.91 Å². The molecule has 1 amide bonds. The van der Waals surface area contributed by atoms with E-state index in [1.807, 2.05) is 12.1 Å². The number of hydrogen-bond donors (Lipinski definition) is 2. The molecule has 1 saturated heterocycles. The zero-order chi connectivity index (χ0) is 10.7. The SMILES string of the molecule is O=C(NCc1ccc(Br)s1)C1CSCN1. The first-order valence-corrected chi connectivity index (χ1v) is 7.35. The van der Waals surface area contributed by atoms with Crippen LogP contribution in [0.5, 0.6) is 0 Å². The predicted octanol–water partition coefficient (Wildman–Crippen LogP) is 1.79. The minimum absolute atomic E-state index is 0.0154. The summed E-state index contributed by atoms with van der Waals surface area (Å²) in [4.78, 5) is 12.8. The molecule has 2 heterocycles. The van der Waals surface area contributed by atoms with Crippen molar-refractivity contribution in [2.45, 2.75) is 12.6 Å². The zero-order valence-electron chi connectivity index (χ0n) is 7.96. The van der Waals surface area contributed by atoms with E-state index in [0.717, 1.165) is 15.4 Å². The van der Waals surface area contributed by atoms with Crippen LogP contribution in [0, 0.1) is 0 Å². The van der Waals surface area contributed by atoms with Gasteiger partial charge in [0.05, 0.1) is 16.4 Å². The van der Waals surface area contributed by atoms with E-state index in [1.54, 1.807) is 23.1 Å². The van der Waals surface area contributed by atoms with Crippen molar-refractivity contribution in [1.29, 1.82) is 0 Å². The van der Waals surface area contributed by atoms with Crippen LogP contribution in [0.2, 0.25) is 0 Å². The van der Waals surface area contributed by atoms with Crippen molar-refractivity contribution in [3.8, 4) is 0 Å². The van der Waals surface area contributed by atoms with Gasteiger partial charge in [-0.25, -0.2) is 0 Å². The highest BCUT2D eigenvalue weighted by molar-refractivity contribution is 9.11.